The lowest BCUT2D eigenvalue weighted by Gasteiger charge is -2.19. The van der Waals surface area contributed by atoms with Crippen LogP contribution in [0.4, 0.5) is 27.6 Å². The second-order valence-electron chi connectivity index (χ2n) is 3.70. The zero-order chi connectivity index (χ0) is 15.6. The monoisotopic (exact) mass is 363 g/mol. The van der Waals surface area contributed by atoms with Crippen LogP contribution in [-0.4, -0.2) is 23.6 Å². The van der Waals surface area contributed by atoms with Crippen LogP contribution in [-0.2, 0) is 11.3 Å². The molecular formula is C10H7BrF5NO3. The molecule has 20 heavy (non-hydrogen) atoms. The molecule has 0 saturated carbocycles. The van der Waals surface area contributed by atoms with Gasteiger partial charge in [-0.2, -0.15) is 22.0 Å². The molecule has 0 fully saturated rings. The summed E-state index contributed by atoms with van der Waals surface area (Å²) < 4.78 is 65.1. The molecule has 0 heterocycles. The molecular weight excluding hydrogens is 357 g/mol. The van der Waals surface area contributed by atoms with Crippen molar-refractivity contribution in [2.24, 2.45) is 0 Å². The van der Waals surface area contributed by atoms with E-state index in [0.29, 0.717) is 0 Å². The zero-order valence-corrected chi connectivity index (χ0v) is 11.2. The lowest BCUT2D eigenvalue weighted by atomic mass is 10.2. The number of halogens is 6. The van der Waals surface area contributed by atoms with Crippen LogP contribution in [0.5, 0.6) is 0 Å². The van der Waals surface area contributed by atoms with Crippen molar-refractivity contribution in [2.45, 2.75) is 18.7 Å². The largest absolute Gasteiger partial charge is 0.455 e. The van der Waals surface area contributed by atoms with Gasteiger partial charge < -0.3 is 4.74 Å². The highest BCUT2D eigenvalue weighted by atomic mass is 79.9. The Labute approximate surface area is 117 Å². The summed E-state index contributed by atoms with van der Waals surface area (Å²) in [7, 11) is 0. The first-order valence-electron chi connectivity index (χ1n) is 5.00. The number of nitrogens with zero attached hydrogens (tertiary/aromatic N) is 1. The molecule has 0 bridgehead atoms. The van der Waals surface area contributed by atoms with Gasteiger partial charge in [-0.1, -0.05) is 12.1 Å². The maximum Gasteiger partial charge on any atom is 0.455 e. The SMILES string of the molecule is O=[N+]([O-])c1cccc(COCC(F)(F)C(F)(F)F)c1Br. The van der Waals surface area contributed by atoms with Gasteiger partial charge in [0.15, 0.2) is 0 Å². The predicted molar refractivity (Wildman–Crippen MR) is 61.5 cm³/mol. The summed E-state index contributed by atoms with van der Waals surface area (Å²) in [6.45, 7) is -2.47. The summed E-state index contributed by atoms with van der Waals surface area (Å²) >= 11 is 2.87. The molecule has 4 nitrogen and oxygen atoms in total. The van der Waals surface area contributed by atoms with E-state index in [1.54, 1.807) is 0 Å². The first-order valence-corrected chi connectivity index (χ1v) is 5.79. The van der Waals surface area contributed by atoms with Crippen molar-refractivity contribution in [1.82, 2.24) is 0 Å². The molecule has 0 N–H and O–H groups in total. The summed E-state index contributed by atoms with van der Waals surface area (Å²) in [6.07, 6.45) is -5.70. The third-order valence-corrected chi connectivity index (χ3v) is 3.13. The van der Waals surface area contributed by atoms with Crippen LogP contribution in [0.3, 0.4) is 0 Å². The number of nitro benzene ring substituents is 1. The van der Waals surface area contributed by atoms with Gasteiger partial charge in [0.25, 0.3) is 5.69 Å². The highest BCUT2D eigenvalue weighted by Crippen LogP contribution is 2.36. The van der Waals surface area contributed by atoms with Crippen LogP contribution in [0.1, 0.15) is 5.56 Å². The molecule has 0 radical (unpaired) electrons. The second-order valence-corrected chi connectivity index (χ2v) is 4.50. The summed E-state index contributed by atoms with van der Waals surface area (Å²) in [6, 6.07) is 3.73. The van der Waals surface area contributed by atoms with E-state index in [9.17, 15) is 32.1 Å². The van der Waals surface area contributed by atoms with Crippen LogP contribution in [0.25, 0.3) is 0 Å². The Kier molecular flexibility index (Phi) is 5.03. The van der Waals surface area contributed by atoms with E-state index in [4.69, 9.17) is 0 Å². The molecule has 10 heteroatoms. The van der Waals surface area contributed by atoms with E-state index in [0.717, 1.165) is 6.07 Å². The van der Waals surface area contributed by atoms with Crippen molar-refractivity contribution in [3.63, 3.8) is 0 Å². The molecule has 1 aromatic rings. The number of benzene rings is 1. The number of alkyl halides is 5. The lowest BCUT2D eigenvalue weighted by molar-refractivity contribution is -0.385. The topological polar surface area (TPSA) is 52.4 Å². The van der Waals surface area contributed by atoms with Crippen molar-refractivity contribution in [3.8, 4) is 0 Å². The fraction of sp³-hybridized carbons (Fsp3) is 0.400. The van der Waals surface area contributed by atoms with Gasteiger partial charge in [0, 0.05) is 6.07 Å². The average Bonchev–Trinajstić information content (AvgIpc) is 2.29. The van der Waals surface area contributed by atoms with Crippen LogP contribution in [0.15, 0.2) is 22.7 Å². The molecule has 0 aliphatic rings. The minimum atomic E-state index is -5.70. The van der Waals surface area contributed by atoms with Gasteiger partial charge >= 0.3 is 12.1 Å². The average molecular weight is 364 g/mol. The molecule has 0 saturated heterocycles. The second kappa shape index (κ2) is 6.00. The van der Waals surface area contributed by atoms with Crippen LogP contribution in [0, 0.1) is 10.1 Å². The van der Waals surface area contributed by atoms with Gasteiger partial charge in [-0.3, -0.25) is 10.1 Å². The maximum atomic E-state index is 12.6. The Morgan fingerprint density at radius 1 is 1.25 bits per heavy atom. The van der Waals surface area contributed by atoms with Gasteiger partial charge in [-0.05, 0) is 21.5 Å². The Morgan fingerprint density at radius 2 is 1.85 bits per heavy atom. The van der Waals surface area contributed by atoms with Crippen molar-refractivity contribution in [2.75, 3.05) is 6.61 Å². The zero-order valence-electron chi connectivity index (χ0n) is 9.59. The number of ether oxygens (including phenoxy) is 1. The molecule has 0 unspecified atom stereocenters. The minimum absolute atomic E-state index is 0.0275. The van der Waals surface area contributed by atoms with E-state index in [1.165, 1.54) is 12.1 Å². The first-order chi connectivity index (χ1) is 9.06. The van der Waals surface area contributed by atoms with E-state index >= 15 is 0 Å². The van der Waals surface area contributed by atoms with Crippen LogP contribution < -0.4 is 0 Å². The molecule has 1 rings (SSSR count). The first kappa shape index (κ1) is 16.8. The highest BCUT2D eigenvalue weighted by molar-refractivity contribution is 9.10. The lowest BCUT2D eigenvalue weighted by Crippen LogP contribution is -2.40. The number of hydrogen-bond donors (Lipinski definition) is 0. The molecule has 112 valence electrons. The Morgan fingerprint density at radius 3 is 2.35 bits per heavy atom. The number of rotatable bonds is 5. The molecule has 0 atom stereocenters. The summed E-state index contributed by atoms with van der Waals surface area (Å²) in [5, 5.41) is 10.6. The van der Waals surface area contributed by atoms with Crippen molar-refractivity contribution >= 4 is 21.6 Å². The Balaban J connectivity index is 2.73. The van der Waals surface area contributed by atoms with Crippen LogP contribution in [0.2, 0.25) is 0 Å². The molecule has 0 aromatic heterocycles. The quantitative estimate of drug-likeness (QED) is 0.450. The standard InChI is InChI=1S/C10H7BrF5NO3/c11-8-6(2-1-3-7(8)17(18)19)4-20-5-9(12,13)10(14,15)16/h1-3H,4-5H2. The van der Waals surface area contributed by atoms with Gasteiger partial charge in [-0.15, -0.1) is 0 Å². The summed E-state index contributed by atoms with van der Waals surface area (Å²) in [5.74, 6) is -4.97. The van der Waals surface area contributed by atoms with Crippen molar-refractivity contribution in [1.29, 1.82) is 0 Å². The van der Waals surface area contributed by atoms with E-state index in [1.807, 2.05) is 0 Å². The van der Waals surface area contributed by atoms with Gasteiger partial charge in [0.1, 0.15) is 11.1 Å². The number of nitro groups is 1. The van der Waals surface area contributed by atoms with Gasteiger partial charge in [0.05, 0.1) is 11.5 Å². The third-order valence-electron chi connectivity index (χ3n) is 2.21. The Bertz CT molecular complexity index is 506. The van der Waals surface area contributed by atoms with E-state index < -0.39 is 30.2 Å². The molecule has 0 amide bonds. The van der Waals surface area contributed by atoms with Gasteiger partial charge in [-0.25, -0.2) is 0 Å². The summed E-state index contributed by atoms with van der Waals surface area (Å²) in [4.78, 5) is 9.88. The normalized spacial score (nSPS) is 12.5. The van der Waals surface area contributed by atoms with E-state index in [-0.39, 0.29) is 15.7 Å². The molecule has 0 spiro atoms. The number of hydrogen-bond acceptors (Lipinski definition) is 3. The smallest absolute Gasteiger partial charge is 0.370 e. The fourth-order valence-corrected chi connectivity index (χ4v) is 1.71. The molecule has 0 aliphatic heterocycles. The molecule has 1 aromatic carbocycles. The van der Waals surface area contributed by atoms with E-state index in [2.05, 4.69) is 20.7 Å². The Hall–Kier alpha value is -1.29. The minimum Gasteiger partial charge on any atom is -0.370 e. The maximum absolute atomic E-state index is 12.6. The van der Waals surface area contributed by atoms with Gasteiger partial charge in [0.2, 0.25) is 0 Å². The molecule has 0 aliphatic carbocycles. The highest BCUT2D eigenvalue weighted by Gasteiger charge is 2.57. The third kappa shape index (κ3) is 3.85. The van der Waals surface area contributed by atoms with Crippen molar-refractivity contribution in [3.05, 3.63) is 38.3 Å². The van der Waals surface area contributed by atoms with Crippen LogP contribution >= 0.6 is 15.9 Å². The predicted octanol–water partition coefficient (Wildman–Crippen LogP) is 4.07. The fourth-order valence-electron chi connectivity index (χ4n) is 1.19. The van der Waals surface area contributed by atoms with Crippen molar-refractivity contribution < 1.29 is 31.6 Å². The summed E-state index contributed by atoms with van der Waals surface area (Å²) in [5.41, 5.74) is -0.245.